The number of carbonyl (C=O) groups excluding carboxylic acids is 2. The highest BCUT2D eigenvalue weighted by atomic mass is 19.1. The van der Waals surface area contributed by atoms with Crippen LogP contribution in [-0.2, 0) is 16.1 Å². The van der Waals surface area contributed by atoms with E-state index in [-0.39, 0.29) is 23.5 Å². The maximum atomic E-state index is 13.6. The fraction of sp³-hybridized carbons (Fsp3) is 0.500. The van der Waals surface area contributed by atoms with Crippen molar-refractivity contribution in [3.05, 3.63) is 60.0 Å². The third kappa shape index (κ3) is 6.76. The zero-order valence-electron chi connectivity index (χ0n) is 19.7. The van der Waals surface area contributed by atoms with Crippen LogP contribution in [0.2, 0.25) is 0 Å². The lowest BCUT2D eigenvalue weighted by atomic mass is 9.97. The third-order valence-corrected chi connectivity index (χ3v) is 6.71. The molecule has 1 atom stereocenters. The summed E-state index contributed by atoms with van der Waals surface area (Å²) in [4.78, 5) is 36.5. The Balaban J connectivity index is 1.33. The van der Waals surface area contributed by atoms with E-state index in [4.69, 9.17) is 0 Å². The SMILES string of the molecule is O=C1CCN(Cc2cccc(F)c2)CCCC(C(=O)N2CCN(c3ccccn3)CC2)CCN1. The Hall–Kier alpha value is -3.00. The molecule has 1 aromatic heterocycles. The van der Waals surface area contributed by atoms with E-state index in [0.29, 0.717) is 45.6 Å². The zero-order valence-corrected chi connectivity index (χ0v) is 19.7. The van der Waals surface area contributed by atoms with Gasteiger partial charge in [0, 0.05) is 64.3 Å². The van der Waals surface area contributed by atoms with Crippen LogP contribution in [-0.4, -0.2) is 72.4 Å². The molecule has 4 rings (SSSR count). The number of nitrogens with zero attached hydrogens (tertiary/aromatic N) is 4. The largest absolute Gasteiger partial charge is 0.356 e. The first-order valence-electron chi connectivity index (χ1n) is 12.3. The average Bonchev–Trinajstić information content (AvgIpc) is 2.90. The van der Waals surface area contributed by atoms with Crippen LogP contribution < -0.4 is 10.2 Å². The molecule has 2 amide bonds. The fourth-order valence-corrected chi connectivity index (χ4v) is 4.80. The van der Waals surface area contributed by atoms with Gasteiger partial charge in [-0.25, -0.2) is 9.37 Å². The molecule has 34 heavy (non-hydrogen) atoms. The number of hydrogen-bond acceptors (Lipinski definition) is 5. The Kier molecular flexibility index (Phi) is 8.46. The molecule has 2 aromatic rings. The van der Waals surface area contributed by atoms with E-state index in [9.17, 15) is 14.0 Å². The summed E-state index contributed by atoms with van der Waals surface area (Å²) >= 11 is 0. The minimum atomic E-state index is -0.248. The van der Waals surface area contributed by atoms with Gasteiger partial charge in [0.1, 0.15) is 11.6 Å². The number of amides is 2. The van der Waals surface area contributed by atoms with Crippen molar-refractivity contribution in [1.29, 1.82) is 0 Å². The van der Waals surface area contributed by atoms with Crippen LogP contribution in [0.15, 0.2) is 48.7 Å². The van der Waals surface area contributed by atoms with Gasteiger partial charge in [-0.3, -0.25) is 14.5 Å². The molecule has 1 unspecified atom stereocenters. The maximum Gasteiger partial charge on any atom is 0.225 e. The number of benzene rings is 1. The van der Waals surface area contributed by atoms with Gasteiger partial charge in [-0.05, 0) is 55.6 Å². The normalized spacial score (nSPS) is 21.0. The van der Waals surface area contributed by atoms with Gasteiger partial charge in [0.05, 0.1) is 0 Å². The highest BCUT2D eigenvalue weighted by Crippen LogP contribution is 2.20. The molecule has 1 aromatic carbocycles. The molecule has 0 saturated carbocycles. The number of piperazine rings is 1. The van der Waals surface area contributed by atoms with Gasteiger partial charge in [-0.2, -0.15) is 0 Å². The molecule has 8 heteroatoms. The summed E-state index contributed by atoms with van der Waals surface area (Å²) in [5.41, 5.74) is 0.897. The monoisotopic (exact) mass is 467 g/mol. The lowest BCUT2D eigenvalue weighted by Gasteiger charge is -2.37. The second-order valence-corrected chi connectivity index (χ2v) is 9.13. The number of aromatic nitrogens is 1. The Morgan fingerprint density at radius 3 is 2.65 bits per heavy atom. The van der Waals surface area contributed by atoms with Crippen molar-refractivity contribution in [2.45, 2.75) is 32.2 Å². The first-order chi connectivity index (χ1) is 16.6. The topological polar surface area (TPSA) is 68.8 Å². The van der Waals surface area contributed by atoms with Gasteiger partial charge in [0.25, 0.3) is 0 Å². The van der Waals surface area contributed by atoms with Crippen LogP contribution >= 0.6 is 0 Å². The Morgan fingerprint density at radius 2 is 1.88 bits per heavy atom. The highest BCUT2D eigenvalue weighted by molar-refractivity contribution is 5.79. The predicted octanol–water partition coefficient (Wildman–Crippen LogP) is 2.68. The summed E-state index contributed by atoms with van der Waals surface area (Å²) in [5, 5.41) is 2.98. The molecule has 182 valence electrons. The molecule has 0 radical (unpaired) electrons. The standard InChI is InChI=1S/C26H34FN5O2/c27-23-7-3-5-21(19-23)20-30-13-4-6-22(9-12-29-25(33)10-14-30)26(34)32-17-15-31(16-18-32)24-8-1-2-11-28-24/h1-3,5,7-8,11,19,22H,4,6,9-10,12-18,20H2,(H,29,33). The number of halogens is 1. The van der Waals surface area contributed by atoms with Crippen molar-refractivity contribution < 1.29 is 14.0 Å². The molecule has 7 nitrogen and oxygen atoms in total. The number of hydrogen-bond donors (Lipinski definition) is 1. The smallest absolute Gasteiger partial charge is 0.225 e. The summed E-state index contributed by atoms with van der Waals surface area (Å²) < 4.78 is 13.6. The van der Waals surface area contributed by atoms with Crippen molar-refractivity contribution in [2.24, 2.45) is 5.92 Å². The second kappa shape index (κ2) is 11.9. The molecule has 1 N–H and O–H groups in total. The van der Waals surface area contributed by atoms with Gasteiger partial charge >= 0.3 is 0 Å². The number of pyridine rings is 1. The van der Waals surface area contributed by atoms with Crippen molar-refractivity contribution >= 4 is 17.6 Å². The third-order valence-electron chi connectivity index (χ3n) is 6.71. The van der Waals surface area contributed by atoms with E-state index < -0.39 is 0 Å². The molecule has 2 aliphatic heterocycles. The average molecular weight is 468 g/mol. The van der Waals surface area contributed by atoms with Crippen LogP contribution in [0.3, 0.4) is 0 Å². The van der Waals surface area contributed by atoms with Gasteiger partial charge in [0.2, 0.25) is 11.8 Å². The van der Waals surface area contributed by atoms with Crippen LogP contribution in [0.1, 0.15) is 31.2 Å². The number of carbonyl (C=O) groups is 2. The van der Waals surface area contributed by atoms with Gasteiger partial charge in [0.15, 0.2) is 0 Å². The van der Waals surface area contributed by atoms with Crippen molar-refractivity contribution in [1.82, 2.24) is 20.1 Å². The Morgan fingerprint density at radius 1 is 1.03 bits per heavy atom. The molecule has 2 saturated heterocycles. The molecule has 0 spiro atoms. The molecule has 2 fully saturated rings. The minimum Gasteiger partial charge on any atom is -0.356 e. The number of nitrogens with one attached hydrogen (secondary N) is 1. The second-order valence-electron chi connectivity index (χ2n) is 9.13. The highest BCUT2D eigenvalue weighted by Gasteiger charge is 2.28. The molecule has 0 bridgehead atoms. The molecule has 3 heterocycles. The minimum absolute atomic E-state index is 0.00122. The summed E-state index contributed by atoms with van der Waals surface area (Å²) in [7, 11) is 0. The van der Waals surface area contributed by atoms with Crippen molar-refractivity contribution in [2.75, 3.05) is 50.7 Å². The summed E-state index contributed by atoms with van der Waals surface area (Å²) in [5.74, 6) is 0.788. The van der Waals surface area contributed by atoms with E-state index >= 15 is 0 Å². The van der Waals surface area contributed by atoms with Crippen LogP contribution in [0.5, 0.6) is 0 Å². The first-order valence-corrected chi connectivity index (χ1v) is 12.3. The molecule has 2 aliphatic rings. The molecular weight excluding hydrogens is 433 g/mol. The van der Waals surface area contributed by atoms with Gasteiger partial charge < -0.3 is 15.1 Å². The lowest BCUT2D eigenvalue weighted by Crippen LogP contribution is -2.51. The quantitative estimate of drug-likeness (QED) is 0.749. The van der Waals surface area contributed by atoms with Gasteiger partial charge in [-0.15, -0.1) is 0 Å². The van der Waals surface area contributed by atoms with Crippen LogP contribution in [0.4, 0.5) is 10.2 Å². The maximum absolute atomic E-state index is 13.6. The summed E-state index contributed by atoms with van der Waals surface area (Å²) in [6.45, 7) is 5.43. The van der Waals surface area contributed by atoms with Crippen molar-refractivity contribution in [3.63, 3.8) is 0 Å². The van der Waals surface area contributed by atoms with Crippen LogP contribution in [0.25, 0.3) is 0 Å². The van der Waals surface area contributed by atoms with Crippen molar-refractivity contribution in [3.8, 4) is 0 Å². The first kappa shape index (κ1) is 24.1. The van der Waals surface area contributed by atoms with E-state index in [0.717, 1.165) is 43.9 Å². The molecule has 0 aliphatic carbocycles. The predicted molar refractivity (Wildman–Crippen MR) is 130 cm³/mol. The van der Waals surface area contributed by atoms with E-state index in [1.54, 1.807) is 18.3 Å². The zero-order chi connectivity index (χ0) is 23.8. The Bertz CT molecular complexity index is 949. The Labute approximate surface area is 200 Å². The van der Waals surface area contributed by atoms with Crippen LogP contribution in [0, 0.1) is 11.7 Å². The van der Waals surface area contributed by atoms with E-state index in [1.165, 1.54) is 6.07 Å². The summed E-state index contributed by atoms with van der Waals surface area (Å²) in [6, 6.07) is 12.5. The number of rotatable bonds is 4. The fourth-order valence-electron chi connectivity index (χ4n) is 4.80. The van der Waals surface area contributed by atoms with E-state index in [1.807, 2.05) is 29.2 Å². The summed E-state index contributed by atoms with van der Waals surface area (Å²) in [6.07, 6.45) is 4.52. The lowest BCUT2D eigenvalue weighted by molar-refractivity contribution is -0.136. The van der Waals surface area contributed by atoms with E-state index in [2.05, 4.69) is 20.1 Å². The number of anilines is 1. The molecular formula is C26H34FN5O2. The van der Waals surface area contributed by atoms with Gasteiger partial charge in [-0.1, -0.05) is 18.2 Å².